The summed E-state index contributed by atoms with van der Waals surface area (Å²) < 4.78 is 73.5. The first-order valence-corrected chi connectivity index (χ1v) is 11.6. The number of alkyl halides is 3. The van der Waals surface area contributed by atoms with Gasteiger partial charge in [-0.15, -0.1) is 5.10 Å². The van der Waals surface area contributed by atoms with E-state index in [-0.39, 0.29) is 33.6 Å². The van der Waals surface area contributed by atoms with Gasteiger partial charge in [0.25, 0.3) is 5.88 Å². The van der Waals surface area contributed by atoms with E-state index >= 15 is 0 Å². The molecule has 1 saturated heterocycles. The van der Waals surface area contributed by atoms with E-state index in [1.807, 2.05) is 0 Å². The number of benzene rings is 1. The summed E-state index contributed by atoms with van der Waals surface area (Å²) in [5, 5.41) is 7.16. The van der Waals surface area contributed by atoms with Crippen LogP contribution in [-0.4, -0.2) is 59.7 Å². The Kier molecular flexibility index (Phi) is 5.97. The first kappa shape index (κ1) is 22.9. The second-order valence-corrected chi connectivity index (χ2v) is 9.36. The molecule has 0 atom stereocenters. The zero-order valence-electron chi connectivity index (χ0n) is 17.2. The summed E-state index contributed by atoms with van der Waals surface area (Å²) in [4.78, 5) is 19.7. The van der Waals surface area contributed by atoms with Crippen molar-refractivity contribution >= 4 is 26.8 Å². The van der Waals surface area contributed by atoms with Crippen LogP contribution in [0.3, 0.4) is 0 Å². The fraction of sp³-hybridized carbons (Fsp3) is 0.368. The highest BCUT2D eigenvalue weighted by atomic mass is 32.2. The second kappa shape index (κ2) is 8.59. The van der Waals surface area contributed by atoms with Crippen LogP contribution in [0.2, 0.25) is 0 Å². The van der Waals surface area contributed by atoms with E-state index in [0.29, 0.717) is 25.9 Å². The molecule has 1 N–H and O–H groups in total. The molecule has 0 radical (unpaired) electrons. The number of hydrogen-bond donors (Lipinski definition) is 1. The Bertz CT molecular complexity index is 1290. The van der Waals surface area contributed by atoms with Gasteiger partial charge < -0.3 is 14.8 Å². The van der Waals surface area contributed by atoms with Crippen molar-refractivity contribution in [1.29, 1.82) is 0 Å². The van der Waals surface area contributed by atoms with Crippen LogP contribution >= 0.6 is 0 Å². The molecule has 10 nitrogen and oxygen atoms in total. The minimum atomic E-state index is -5.23. The molecule has 33 heavy (non-hydrogen) atoms. The number of nitrogens with one attached hydrogen (secondary N) is 1. The lowest BCUT2D eigenvalue weighted by Crippen LogP contribution is -2.30. The largest absolute Gasteiger partial charge is 0.491 e. The van der Waals surface area contributed by atoms with Crippen molar-refractivity contribution in [2.45, 2.75) is 30.0 Å². The van der Waals surface area contributed by atoms with Gasteiger partial charge in [0.05, 0.1) is 10.9 Å². The Hall–Kier alpha value is -3.26. The first-order valence-electron chi connectivity index (χ1n) is 9.75. The third kappa shape index (κ3) is 4.90. The van der Waals surface area contributed by atoms with E-state index in [9.17, 15) is 26.4 Å². The summed E-state index contributed by atoms with van der Waals surface area (Å²) in [7, 11) is -3.43. The van der Waals surface area contributed by atoms with E-state index in [4.69, 9.17) is 4.74 Å². The van der Waals surface area contributed by atoms with Crippen molar-refractivity contribution < 1.29 is 35.9 Å². The number of ether oxygens (including phenoxy) is 2. The number of halogens is 3. The van der Waals surface area contributed by atoms with Gasteiger partial charge in [0.15, 0.2) is 15.5 Å². The fourth-order valence-corrected chi connectivity index (χ4v) is 4.01. The average molecular weight is 485 g/mol. The lowest BCUT2D eigenvalue weighted by atomic mass is 10.1. The Morgan fingerprint density at radius 2 is 1.79 bits per heavy atom. The predicted octanol–water partition coefficient (Wildman–Crippen LogP) is 2.41. The molecule has 2 aromatic heterocycles. The molecule has 0 unspecified atom stereocenters. The van der Waals surface area contributed by atoms with Crippen molar-refractivity contribution in [1.82, 2.24) is 25.1 Å². The molecular weight excluding hydrogens is 467 g/mol. The van der Waals surface area contributed by atoms with Gasteiger partial charge in [-0.2, -0.15) is 13.2 Å². The molecule has 1 aliphatic heterocycles. The molecule has 1 aromatic carbocycles. The van der Waals surface area contributed by atoms with Crippen molar-refractivity contribution in [3.05, 3.63) is 30.6 Å². The SMILES string of the molecule is CS(=O)(=O)c1ccc(Oc2ncnc3c2c(OC(=O)C(F)(F)F)nn3C2CCNCC2)cc1. The Labute approximate surface area is 185 Å². The molecule has 1 fully saturated rings. The molecule has 0 saturated carbocycles. The summed E-state index contributed by atoms with van der Waals surface area (Å²) >= 11 is 0. The highest BCUT2D eigenvalue weighted by molar-refractivity contribution is 7.90. The highest BCUT2D eigenvalue weighted by Crippen LogP contribution is 2.37. The number of piperidine rings is 1. The topological polar surface area (TPSA) is 125 Å². The van der Waals surface area contributed by atoms with Gasteiger partial charge >= 0.3 is 12.1 Å². The molecule has 176 valence electrons. The molecule has 3 heterocycles. The highest BCUT2D eigenvalue weighted by Gasteiger charge is 2.42. The lowest BCUT2D eigenvalue weighted by Gasteiger charge is -2.23. The smallest absolute Gasteiger partial charge is 0.438 e. The predicted molar refractivity (Wildman–Crippen MR) is 108 cm³/mol. The fourth-order valence-electron chi connectivity index (χ4n) is 3.38. The van der Waals surface area contributed by atoms with Crippen molar-refractivity contribution in [3.63, 3.8) is 0 Å². The lowest BCUT2D eigenvalue weighted by molar-refractivity contribution is -0.189. The van der Waals surface area contributed by atoms with Crippen LogP contribution in [0.5, 0.6) is 17.5 Å². The molecular formula is C19H18F3N5O5S. The standard InChI is InChI=1S/C19H18F3N5O5S/c1-33(29,30)13-4-2-12(3-5-13)31-16-14-15(24-10-25-16)27(11-6-8-23-9-7-11)26-17(14)32-18(28)19(20,21)22/h2-5,10-11,23H,6-9H2,1H3. The summed E-state index contributed by atoms with van der Waals surface area (Å²) in [6.07, 6.45) is -1.76. The maximum absolute atomic E-state index is 12.8. The number of carbonyl (C=O) groups is 1. The van der Waals surface area contributed by atoms with Gasteiger partial charge in [-0.25, -0.2) is 27.9 Å². The molecule has 0 bridgehead atoms. The summed E-state index contributed by atoms with van der Waals surface area (Å²) in [5.74, 6) is -3.11. The van der Waals surface area contributed by atoms with Crippen LogP contribution in [0.15, 0.2) is 35.5 Å². The van der Waals surface area contributed by atoms with Gasteiger partial charge in [-0.3, -0.25) is 0 Å². The van der Waals surface area contributed by atoms with Crippen LogP contribution < -0.4 is 14.8 Å². The number of aromatic nitrogens is 4. The first-order chi connectivity index (χ1) is 15.5. The summed E-state index contributed by atoms with van der Waals surface area (Å²) in [6, 6.07) is 5.16. The number of nitrogens with zero attached hydrogens (tertiary/aromatic N) is 4. The van der Waals surface area contributed by atoms with E-state index < -0.39 is 27.9 Å². The van der Waals surface area contributed by atoms with E-state index in [2.05, 4.69) is 25.1 Å². The van der Waals surface area contributed by atoms with E-state index in [1.165, 1.54) is 28.9 Å². The minimum Gasteiger partial charge on any atom is -0.438 e. The monoisotopic (exact) mass is 485 g/mol. The molecule has 0 spiro atoms. The summed E-state index contributed by atoms with van der Waals surface area (Å²) in [6.45, 7) is 1.34. The van der Waals surface area contributed by atoms with Crippen LogP contribution in [0.25, 0.3) is 11.0 Å². The summed E-state index contributed by atoms with van der Waals surface area (Å²) in [5.41, 5.74) is 0.143. The van der Waals surface area contributed by atoms with E-state index in [1.54, 1.807) is 0 Å². The van der Waals surface area contributed by atoms with Crippen molar-refractivity contribution in [2.24, 2.45) is 0 Å². The zero-order valence-corrected chi connectivity index (χ0v) is 18.0. The van der Waals surface area contributed by atoms with Gasteiger partial charge in [0.2, 0.25) is 5.88 Å². The maximum Gasteiger partial charge on any atom is 0.491 e. The van der Waals surface area contributed by atoms with Crippen molar-refractivity contribution in [3.8, 4) is 17.5 Å². The van der Waals surface area contributed by atoms with Crippen LogP contribution in [0.1, 0.15) is 18.9 Å². The number of esters is 1. The molecule has 3 aromatic rings. The number of carbonyl (C=O) groups excluding carboxylic acids is 1. The van der Waals surface area contributed by atoms with Crippen LogP contribution in [0, 0.1) is 0 Å². The Morgan fingerprint density at radius 3 is 2.39 bits per heavy atom. The Balaban J connectivity index is 1.77. The Morgan fingerprint density at radius 1 is 1.12 bits per heavy atom. The molecule has 0 amide bonds. The van der Waals surface area contributed by atoms with Gasteiger partial charge in [-0.1, -0.05) is 0 Å². The number of rotatable bonds is 5. The third-order valence-corrected chi connectivity index (χ3v) is 6.09. The van der Waals surface area contributed by atoms with Gasteiger partial charge in [0.1, 0.15) is 17.5 Å². The number of fused-ring (bicyclic) bond motifs is 1. The van der Waals surface area contributed by atoms with Crippen LogP contribution in [-0.2, 0) is 14.6 Å². The number of hydrogen-bond acceptors (Lipinski definition) is 9. The number of sulfone groups is 1. The molecule has 0 aliphatic carbocycles. The average Bonchev–Trinajstić information content (AvgIpc) is 3.13. The third-order valence-electron chi connectivity index (χ3n) is 4.96. The molecule has 4 rings (SSSR count). The quantitative estimate of drug-likeness (QED) is 0.542. The van der Waals surface area contributed by atoms with E-state index in [0.717, 1.165) is 12.6 Å². The van der Waals surface area contributed by atoms with Crippen molar-refractivity contribution in [2.75, 3.05) is 19.3 Å². The van der Waals surface area contributed by atoms with Gasteiger partial charge in [-0.05, 0) is 50.2 Å². The maximum atomic E-state index is 12.8. The normalized spacial score (nSPS) is 15.5. The zero-order chi connectivity index (χ0) is 23.8. The molecule has 1 aliphatic rings. The van der Waals surface area contributed by atoms with Gasteiger partial charge in [0, 0.05) is 6.26 Å². The minimum absolute atomic E-state index is 0.0567. The molecule has 14 heteroatoms. The van der Waals surface area contributed by atoms with Crippen LogP contribution in [0.4, 0.5) is 13.2 Å². The second-order valence-electron chi connectivity index (χ2n) is 7.34.